The summed E-state index contributed by atoms with van der Waals surface area (Å²) in [5, 5.41) is 3.50. The number of hydrogen-bond donors (Lipinski definition) is 1. The van der Waals surface area contributed by atoms with Crippen LogP contribution >= 0.6 is 11.8 Å². The van der Waals surface area contributed by atoms with Crippen LogP contribution in [0.1, 0.15) is 39.0 Å². The summed E-state index contributed by atoms with van der Waals surface area (Å²) in [5.74, 6) is 0.0876. The summed E-state index contributed by atoms with van der Waals surface area (Å²) in [6.07, 6.45) is 7.14. The third kappa shape index (κ3) is 2.99. The highest BCUT2D eigenvalue weighted by molar-refractivity contribution is 7.99. The van der Waals surface area contributed by atoms with E-state index in [9.17, 15) is 9.59 Å². The van der Waals surface area contributed by atoms with E-state index in [1.165, 1.54) is 12.8 Å². The fraction of sp³-hybridized carbons (Fsp3) is 0.846. The van der Waals surface area contributed by atoms with Gasteiger partial charge in [0.25, 0.3) is 0 Å². The predicted molar refractivity (Wildman–Crippen MR) is 73.5 cm³/mol. The van der Waals surface area contributed by atoms with Crippen LogP contribution in [0.3, 0.4) is 0 Å². The second kappa shape index (κ2) is 5.95. The Morgan fingerprint density at radius 2 is 1.89 bits per heavy atom. The highest BCUT2D eigenvalue weighted by atomic mass is 32.2. The maximum absolute atomic E-state index is 12.2. The van der Waals surface area contributed by atoms with Crippen molar-refractivity contribution in [2.24, 2.45) is 0 Å². The molecule has 2 amide bonds. The Bertz CT molecular complexity index is 327. The van der Waals surface area contributed by atoms with Crippen LogP contribution in [-0.2, 0) is 9.59 Å². The van der Waals surface area contributed by atoms with Gasteiger partial charge in [-0.3, -0.25) is 9.59 Å². The SMILES string of the molecule is CSC1CCC(N2CCC(=O)NC(C)C2=O)CC1. The molecule has 2 aliphatic rings. The van der Waals surface area contributed by atoms with Crippen molar-refractivity contribution in [1.82, 2.24) is 10.2 Å². The van der Waals surface area contributed by atoms with E-state index in [1.807, 2.05) is 16.7 Å². The minimum Gasteiger partial charge on any atom is -0.345 e. The monoisotopic (exact) mass is 270 g/mol. The number of carbonyl (C=O) groups is 2. The molecule has 18 heavy (non-hydrogen) atoms. The molecule has 0 aromatic carbocycles. The van der Waals surface area contributed by atoms with Gasteiger partial charge in [0, 0.05) is 24.3 Å². The van der Waals surface area contributed by atoms with E-state index >= 15 is 0 Å². The molecule has 1 N–H and O–H groups in total. The second-order valence-electron chi connectivity index (χ2n) is 5.24. The third-order valence-electron chi connectivity index (χ3n) is 4.03. The third-order valence-corrected chi connectivity index (χ3v) is 5.17. The molecule has 1 aliphatic heterocycles. The Morgan fingerprint density at radius 3 is 2.50 bits per heavy atom. The molecule has 1 atom stereocenters. The van der Waals surface area contributed by atoms with Gasteiger partial charge in [-0.1, -0.05) is 0 Å². The molecule has 0 radical (unpaired) electrons. The van der Waals surface area contributed by atoms with Gasteiger partial charge in [0.15, 0.2) is 0 Å². The van der Waals surface area contributed by atoms with Crippen LogP contribution in [0.25, 0.3) is 0 Å². The zero-order chi connectivity index (χ0) is 13.1. The standard InChI is InChI=1S/C13H22N2O2S/c1-9-13(17)15(8-7-12(16)14-9)10-3-5-11(18-2)6-4-10/h9-11H,3-8H2,1-2H3,(H,14,16). The number of amides is 2. The number of thioether (sulfide) groups is 1. The van der Waals surface area contributed by atoms with Crippen LogP contribution in [0.4, 0.5) is 0 Å². The van der Waals surface area contributed by atoms with Gasteiger partial charge < -0.3 is 10.2 Å². The van der Waals surface area contributed by atoms with Gasteiger partial charge in [-0.25, -0.2) is 0 Å². The van der Waals surface area contributed by atoms with Crippen molar-refractivity contribution in [3.63, 3.8) is 0 Å². The zero-order valence-electron chi connectivity index (χ0n) is 11.1. The molecule has 0 spiro atoms. The number of nitrogens with zero attached hydrogens (tertiary/aromatic N) is 1. The van der Waals surface area contributed by atoms with Crippen LogP contribution in [0, 0.1) is 0 Å². The van der Waals surface area contributed by atoms with Gasteiger partial charge in [0.05, 0.1) is 0 Å². The van der Waals surface area contributed by atoms with Crippen molar-refractivity contribution >= 4 is 23.6 Å². The lowest BCUT2D eigenvalue weighted by molar-refractivity contribution is -0.135. The van der Waals surface area contributed by atoms with E-state index in [4.69, 9.17) is 0 Å². The van der Waals surface area contributed by atoms with Crippen LogP contribution in [-0.4, -0.2) is 46.8 Å². The second-order valence-corrected chi connectivity index (χ2v) is 6.38. The van der Waals surface area contributed by atoms with E-state index in [0.29, 0.717) is 19.0 Å². The summed E-state index contributed by atoms with van der Waals surface area (Å²) in [6, 6.07) is -0.0191. The minimum atomic E-state index is -0.363. The van der Waals surface area contributed by atoms with E-state index in [0.717, 1.165) is 18.1 Å². The lowest BCUT2D eigenvalue weighted by Crippen LogP contribution is -2.48. The molecule has 1 aliphatic carbocycles. The van der Waals surface area contributed by atoms with Gasteiger partial charge in [0.1, 0.15) is 6.04 Å². The molecule has 5 heteroatoms. The average molecular weight is 270 g/mol. The van der Waals surface area contributed by atoms with E-state index in [-0.39, 0.29) is 17.9 Å². The largest absolute Gasteiger partial charge is 0.345 e. The Labute approximate surface area is 113 Å². The Balaban J connectivity index is 1.99. The lowest BCUT2D eigenvalue weighted by Gasteiger charge is -2.36. The first-order chi connectivity index (χ1) is 8.61. The molecule has 102 valence electrons. The van der Waals surface area contributed by atoms with Crippen molar-refractivity contribution in [1.29, 1.82) is 0 Å². The predicted octanol–water partition coefficient (Wildman–Crippen LogP) is 1.40. The van der Waals surface area contributed by atoms with Crippen molar-refractivity contribution in [2.75, 3.05) is 12.8 Å². The van der Waals surface area contributed by atoms with Gasteiger partial charge in [0.2, 0.25) is 11.8 Å². The van der Waals surface area contributed by atoms with Gasteiger partial charge >= 0.3 is 0 Å². The van der Waals surface area contributed by atoms with Crippen LogP contribution in [0.15, 0.2) is 0 Å². The summed E-state index contributed by atoms with van der Waals surface area (Å²) in [6.45, 7) is 2.37. The summed E-state index contributed by atoms with van der Waals surface area (Å²) < 4.78 is 0. The van der Waals surface area contributed by atoms with Crippen molar-refractivity contribution in [3.8, 4) is 0 Å². The van der Waals surface area contributed by atoms with E-state index < -0.39 is 0 Å². The van der Waals surface area contributed by atoms with Gasteiger partial charge in [-0.2, -0.15) is 11.8 Å². The Kier molecular flexibility index (Phi) is 4.54. The van der Waals surface area contributed by atoms with Crippen molar-refractivity contribution in [2.45, 2.75) is 56.4 Å². The first kappa shape index (κ1) is 13.7. The van der Waals surface area contributed by atoms with Crippen molar-refractivity contribution in [3.05, 3.63) is 0 Å². The fourth-order valence-electron chi connectivity index (χ4n) is 2.91. The maximum Gasteiger partial charge on any atom is 0.245 e. The van der Waals surface area contributed by atoms with E-state index in [1.54, 1.807) is 6.92 Å². The first-order valence-electron chi connectivity index (χ1n) is 6.74. The molecule has 2 fully saturated rings. The zero-order valence-corrected chi connectivity index (χ0v) is 12.0. The summed E-state index contributed by atoms with van der Waals surface area (Å²) >= 11 is 1.93. The summed E-state index contributed by atoms with van der Waals surface area (Å²) in [7, 11) is 0. The highest BCUT2D eigenvalue weighted by Gasteiger charge is 2.33. The van der Waals surface area contributed by atoms with Crippen LogP contribution < -0.4 is 5.32 Å². The quantitative estimate of drug-likeness (QED) is 0.825. The summed E-state index contributed by atoms with van der Waals surface area (Å²) in [4.78, 5) is 25.7. The number of nitrogens with one attached hydrogen (secondary N) is 1. The van der Waals surface area contributed by atoms with Gasteiger partial charge in [-0.15, -0.1) is 0 Å². The minimum absolute atomic E-state index is 0.00357. The molecule has 1 saturated carbocycles. The Hall–Kier alpha value is -0.710. The van der Waals surface area contributed by atoms with Crippen molar-refractivity contribution < 1.29 is 9.59 Å². The molecule has 1 saturated heterocycles. The lowest BCUT2D eigenvalue weighted by atomic mass is 9.93. The summed E-state index contributed by atoms with van der Waals surface area (Å²) in [5.41, 5.74) is 0. The molecule has 4 nitrogen and oxygen atoms in total. The number of hydrogen-bond acceptors (Lipinski definition) is 3. The molecule has 0 aromatic rings. The first-order valence-corrected chi connectivity index (χ1v) is 8.03. The topological polar surface area (TPSA) is 49.4 Å². The highest BCUT2D eigenvalue weighted by Crippen LogP contribution is 2.30. The Morgan fingerprint density at radius 1 is 1.22 bits per heavy atom. The average Bonchev–Trinajstić information content (AvgIpc) is 2.50. The van der Waals surface area contributed by atoms with E-state index in [2.05, 4.69) is 11.6 Å². The normalized spacial score (nSPS) is 34.1. The molecule has 2 rings (SSSR count). The fourth-order valence-corrected chi connectivity index (χ4v) is 3.66. The van der Waals surface area contributed by atoms with Crippen LogP contribution in [0.2, 0.25) is 0 Å². The molecule has 0 aromatic heterocycles. The van der Waals surface area contributed by atoms with Gasteiger partial charge in [-0.05, 0) is 38.9 Å². The number of carbonyl (C=O) groups excluding carboxylic acids is 2. The molecule has 1 heterocycles. The molecule has 0 bridgehead atoms. The molecule has 1 unspecified atom stereocenters. The molecular weight excluding hydrogens is 248 g/mol. The molecular formula is C13H22N2O2S. The van der Waals surface area contributed by atoms with Crippen LogP contribution in [0.5, 0.6) is 0 Å². The maximum atomic E-state index is 12.2. The smallest absolute Gasteiger partial charge is 0.245 e. The number of rotatable bonds is 2.